The third-order valence-electron chi connectivity index (χ3n) is 4.39. The normalized spacial score (nSPS) is 20.9. The molecule has 2 aromatic rings. The van der Waals surface area contributed by atoms with Crippen LogP contribution in [0.1, 0.15) is 56.0 Å². The first-order chi connectivity index (χ1) is 10.8. The Balaban J connectivity index is 2.14. The summed E-state index contributed by atoms with van der Waals surface area (Å²) in [5, 5.41) is 9.90. The Labute approximate surface area is 143 Å². The van der Waals surface area contributed by atoms with E-state index in [4.69, 9.17) is 11.6 Å². The summed E-state index contributed by atoms with van der Waals surface area (Å²) in [6, 6.07) is 14.9. The summed E-state index contributed by atoms with van der Waals surface area (Å²) in [5.41, 5.74) is 5.21. The predicted octanol–water partition coefficient (Wildman–Crippen LogP) is 6.12. The number of rotatable bonds is 1. The number of azo groups is 1. The quantitative estimate of drug-likeness (QED) is 0.602. The maximum Gasteiger partial charge on any atom is 0.121 e. The summed E-state index contributed by atoms with van der Waals surface area (Å²) < 4.78 is 0. The second-order valence-corrected chi connectivity index (χ2v) is 7.84. The van der Waals surface area contributed by atoms with Crippen LogP contribution in [-0.4, -0.2) is 6.04 Å². The molecule has 0 aromatic heterocycles. The van der Waals surface area contributed by atoms with Crippen LogP contribution in [0.25, 0.3) is 0 Å². The van der Waals surface area contributed by atoms with Gasteiger partial charge in [0.2, 0.25) is 0 Å². The average molecular weight is 327 g/mol. The second kappa shape index (κ2) is 6.09. The number of halogens is 1. The van der Waals surface area contributed by atoms with Crippen molar-refractivity contribution >= 4 is 11.6 Å². The molecule has 120 valence electrons. The van der Waals surface area contributed by atoms with Gasteiger partial charge in [-0.2, -0.15) is 10.2 Å². The van der Waals surface area contributed by atoms with Gasteiger partial charge < -0.3 is 0 Å². The van der Waals surface area contributed by atoms with Gasteiger partial charge in [0.1, 0.15) is 6.04 Å². The van der Waals surface area contributed by atoms with Gasteiger partial charge in [-0.25, -0.2) is 0 Å². The maximum atomic E-state index is 6.04. The van der Waals surface area contributed by atoms with Gasteiger partial charge in [0.15, 0.2) is 0 Å². The van der Waals surface area contributed by atoms with Gasteiger partial charge in [0.25, 0.3) is 0 Å². The van der Waals surface area contributed by atoms with Gasteiger partial charge in [-0.3, -0.25) is 0 Å². The molecule has 0 spiro atoms. The van der Waals surface area contributed by atoms with E-state index in [1.807, 2.05) is 12.1 Å². The Kier molecular flexibility index (Phi) is 4.29. The van der Waals surface area contributed by atoms with Crippen LogP contribution in [0.4, 0.5) is 0 Å². The molecule has 0 bridgehead atoms. The van der Waals surface area contributed by atoms with Crippen molar-refractivity contribution in [3.05, 3.63) is 69.7 Å². The molecule has 2 atom stereocenters. The maximum absolute atomic E-state index is 6.04. The molecule has 0 N–H and O–H groups in total. The summed E-state index contributed by atoms with van der Waals surface area (Å²) in [6.45, 7) is 8.85. The summed E-state index contributed by atoms with van der Waals surface area (Å²) >= 11 is 6.04. The van der Waals surface area contributed by atoms with Gasteiger partial charge in [-0.15, -0.1) is 0 Å². The van der Waals surface area contributed by atoms with Gasteiger partial charge in [-0.05, 0) is 53.1 Å². The number of hydrogen-bond donors (Lipinski definition) is 0. The lowest BCUT2D eigenvalue weighted by Crippen LogP contribution is -2.13. The summed E-state index contributed by atoms with van der Waals surface area (Å²) in [7, 11) is 0. The molecule has 0 radical (unpaired) electrons. The van der Waals surface area contributed by atoms with Crippen LogP contribution < -0.4 is 0 Å². The zero-order valence-electron chi connectivity index (χ0n) is 14.2. The summed E-state index contributed by atoms with van der Waals surface area (Å²) in [5.74, 6) is 0. The molecule has 0 saturated carbocycles. The third-order valence-corrected chi connectivity index (χ3v) is 4.64. The fourth-order valence-electron chi connectivity index (χ4n) is 2.99. The molecule has 0 fully saturated rings. The van der Waals surface area contributed by atoms with E-state index in [0.29, 0.717) is 0 Å². The molecule has 23 heavy (non-hydrogen) atoms. The van der Waals surface area contributed by atoms with Gasteiger partial charge >= 0.3 is 0 Å². The van der Waals surface area contributed by atoms with E-state index in [1.165, 1.54) is 16.7 Å². The average Bonchev–Trinajstić information content (AvgIpc) is 2.65. The highest BCUT2D eigenvalue weighted by Crippen LogP contribution is 2.36. The minimum absolute atomic E-state index is 0.0467. The Morgan fingerprint density at radius 3 is 2.35 bits per heavy atom. The number of benzene rings is 2. The van der Waals surface area contributed by atoms with Gasteiger partial charge in [0, 0.05) is 5.02 Å². The fraction of sp³-hybridized carbons (Fsp3) is 0.400. The van der Waals surface area contributed by atoms with E-state index < -0.39 is 0 Å². The molecule has 0 saturated heterocycles. The Morgan fingerprint density at radius 1 is 1.00 bits per heavy atom. The van der Waals surface area contributed by atoms with E-state index in [1.54, 1.807) is 0 Å². The molecule has 2 unspecified atom stereocenters. The molecule has 1 heterocycles. The summed E-state index contributed by atoms with van der Waals surface area (Å²) in [4.78, 5) is 0. The van der Waals surface area contributed by atoms with Crippen LogP contribution in [0.15, 0.2) is 52.7 Å². The summed E-state index contributed by atoms with van der Waals surface area (Å²) in [6.07, 6.45) is 0.938. The van der Waals surface area contributed by atoms with Crippen molar-refractivity contribution < 1.29 is 0 Å². The zero-order chi connectivity index (χ0) is 16.6. The molecule has 3 rings (SSSR count). The Morgan fingerprint density at radius 2 is 1.70 bits per heavy atom. The molecule has 0 aliphatic carbocycles. The largest absolute Gasteiger partial charge is 0.190 e. The highest BCUT2D eigenvalue weighted by atomic mass is 35.5. The van der Waals surface area contributed by atoms with Crippen LogP contribution in [0, 0.1) is 0 Å². The first-order valence-corrected chi connectivity index (χ1v) is 8.51. The predicted molar refractivity (Wildman–Crippen MR) is 96.5 cm³/mol. The number of fused-ring (bicyclic) bond motifs is 1. The van der Waals surface area contributed by atoms with Crippen molar-refractivity contribution in [1.82, 2.24) is 0 Å². The Hall–Kier alpha value is -1.67. The third kappa shape index (κ3) is 3.48. The first kappa shape index (κ1) is 16.2. The van der Waals surface area contributed by atoms with Crippen molar-refractivity contribution in [1.29, 1.82) is 0 Å². The molecule has 2 nitrogen and oxygen atoms in total. The van der Waals surface area contributed by atoms with Crippen LogP contribution in [0.3, 0.4) is 0 Å². The van der Waals surface area contributed by atoms with E-state index in [9.17, 15) is 0 Å². The van der Waals surface area contributed by atoms with Crippen LogP contribution in [0.5, 0.6) is 0 Å². The second-order valence-electron chi connectivity index (χ2n) is 7.40. The van der Waals surface area contributed by atoms with E-state index in [2.05, 4.69) is 68.3 Å². The topological polar surface area (TPSA) is 24.7 Å². The van der Waals surface area contributed by atoms with Crippen molar-refractivity contribution in [2.75, 3.05) is 0 Å². The van der Waals surface area contributed by atoms with Gasteiger partial charge in [-0.1, -0.05) is 62.7 Å². The molecule has 3 heteroatoms. The molecular formula is C20H23ClN2. The smallest absolute Gasteiger partial charge is 0.121 e. The van der Waals surface area contributed by atoms with Crippen LogP contribution >= 0.6 is 11.6 Å². The highest BCUT2D eigenvalue weighted by Gasteiger charge is 2.24. The monoisotopic (exact) mass is 326 g/mol. The zero-order valence-corrected chi connectivity index (χ0v) is 14.9. The SMILES string of the molecule is CC1Cc2ccc(C(C)(C)C)cc2C(c2ccc(Cl)cc2)N=N1. The van der Waals surface area contributed by atoms with Crippen molar-refractivity contribution in [2.45, 2.75) is 51.6 Å². The highest BCUT2D eigenvalue weighted by molar-refractivity contribution is 6.30. The molecular weight excluding hydrogens is 304 g/mol. The molecule has 2 aromatic carbocycles. The minimum atomic E-state index is -0.0467. The Bertz CT molecular complexity index is 726. The van der Waals surface area contributed by atoms with Crippen LogP contribution in [-0.2, 0) is 11.8 Å². The van der Waals surface area contributed by atoms with Crippen molar-refractivity contribution in [3.63, 3.8) is 0 Å². The standard InChI is InChI=1S/C20H23ClN2/c1-13-11-15-5-8-16(20(2,3)4)12-18(15)19(23-22-13)14-6-9-17(21)10-7-14/h5-10,12-13,19H,11H2,1-4H3. The lowest BCUT2D eigenvalue weighted by atomic mass is 9.82. The van der Waals surface area contributed by atoms with E-state index in [0.717, 1.165) is 17.0 Å². The van der Waals surface area contributed by atoms with Crippen LogP contribution in [0.2, 0.25) is 5.02 Å². The molecule has 1 aliphatic heterocycles. The minimum Gasteiger partial charge on any atom is -0.190 e. The fourth-order valence-corrected chi connectivity index (χ4v) is 3.12. The first-order valence-electron chi connectivity index (χ1n) is 8.13. The lowest BCUT2D eigenvalue weighted by molar-refractivity contribution is 0.588. The molecule has 0 amide bonds. The van der Waals surface area contributed by atoms with Gasteiger partial charge in [0.05, 0.1) is 6.04 Å². The van der Waals surface area contributed by atoms with E-state index >= 15 is 0 Å². The molecule has 1 aliphatic rings. The number of nitrogens with zero attached hydrogens (tertiary/aromatic N) is 2. The van der Waals surface area contributed by atoms with Crippen molar-refractivity contribution in [3.8, 4) is 0 Å². The van der Waals surface area contributed by atoms with Crippen molar-refractivity contribution in [2.24, 2.45) is 10.2 Å². The lowest BCUT2D eigenvalue weighted by Gasteiger charge is -2.23. The van der Waals surface area contributed by atoms with E-state index in [-0.39, 0.29) is 17.5 Å². The number of hydrogen-bond acceptors (Lipinski definition) is 2.